The highest BCUT2D eigenvalue weighted by molar-refractivity contribution is 6.31. The quantitative estimate of drug-likeness (QED) is 0.793. The van der Waals surface area contributed by atoms with E-state index >= 15 is 0 Å². The summed E-state index contributed by atoms with van der Waals surface area (Å²) in [7, 11) is 0. The summed E-state index contributed by atoms with van der Waals surface area (Å²) in [6, 6.07) is 3.38. The van der Waals surface area contributed by atoms with E-state index in [4.69, 9.17) is 16.7 Å². The molecular formula is C10H11ClO3. The lowest BCUT2D eigenvalue weighted by atomic mass is 9.98. The Morgan fingerprint density at radius 3 is 2.50 bits per heavy atom. The lowest BCUT2D eigenvalue weighted by Crippen LogP contribution is -2.13. The molecule has 1 unspecified atom stereocenters. The number of aliphatic hydroxyl groups excluding tert-OH is 1. The standard InChI is InChI=1S/C10H11ClO3/c1-5-3-4-7(11)6(2)8(5)9(12)10(13)14/h3-4,9,12H,1-2H3,(H,13,14). The molecule has 0 aliphatic heterocycles. The molecule has 0 radical (unpaired) electrons. The van der Waals surface area contributed by atoms with Crippen molar-refractivity contribution in [3.8, 4) is 0 Å². The smallest absolute Gasteiger partial charge is 0.337 e. The van der Waals surface area contributed by atoms with Crippen LogP contribution in [0.25, 0.3) is 0 Å². The Kier molecular flexibility index (Phi) is 3.13. The van der Waals surface area contributed by atoms with Crippen LogP contribution in [-0.4, -0.2) is 16.2 Å². The van der Waals surface area contributed by atoms with Gasteiger partial charge in [-0.15, -0.1) is 0 Å². The van der Waals surface area contributed by atoms with E-state index in [9.17, 15) is 9.90 Å². The molecule has 0 bridgehead atoms. The lowest BCUT2D eigenvalue weighted by molar-refractivity contribution is -0.147. The summed E-state index contributed by atoms with van der Waals surface area (Å²) >= 11 is 5.83. The number of aliphatic hydroxyl groups is 1. The zero-order chi connectivity index (χ0) is 10.9. The number of hydrogen-bond donors (Lipinski definition) is 2. The molecule has 2 N–H and O–H groups in total. The predicted octanol–water partition coefficient (Wildman–Crippen LogP) is 2.07. The third-order valence-electron chi connectivity index (χ3n) is 2.17. The van der Waals surface area contributed by atoms with Crippen LogP contribution in [0, 0.1) is 13.8 Å². The summed E-state index contributed by atoms with van der Waals surface area (Å²) in [6.07, 6.45) is -1.51. The van der Waals surface area contributed by atoms with Crippen molar-refractivity contribution in [1.82, 2.24) is 0 Å². The molecule has 1 aromatic carbocycles. The summed E-state index contributed by atoms with van der Waals surface area (Å²) in [5.41, 5.74) is 1.72. The zero-order valence-corrected chi connectivity index (χ0v) is 8.67. The van der Waals surface area contributed by atoms with E-state index in [0.717, 1.165) is 5.56 Å². The average molecular weight is 215 g/mol. The van der Waals surface area contributed by atoms with Crippen molar-refractivity contribution >= 4 is 17.6 Å². The molecule has 1 aromatic rings. The van der Waals surface area contributed by atoms with Crippen LogP contribution in [0.5, 0.6) is 0 Å². The van der Waals surface area contributed by atoms with E-state index in [-0.39, 0.29) is 0 Å². The number of benzene rings is 1. The fourth-order valence-corrected chi connectivity index (χ4v) is 1.55. The van der Waals surface area contributed by atoms with Crippen molar-refractivity contribution in [1.29, 1.82) is 0 Å². The number of aliphatic carboxylic acids is 1. The number of carboxylic acids is 1. The molecule has 0 aliphatic rings. The SMILES string of the molecule is Cc1ccc(Cl)c(C)c1C(O)C(=O)O. The highest BCUT2D eigenvalue weighted by Crippen LogP contribution is 2.27. The first-order chi connectivity index (χ1) is 6.45. The molecule has 1 rings (SSSR count). The Hall–Kier alpha value is -1.06. The van der Waals surface area contributed by atoms with E-state index in [2.05, 4.69) is 0 Å². The Labute approximate surface area is 86.9 Å². The largest absolute Gasteiger partial charge is 0.479 e. The maximum Gasteiger partial charge on any atom is 0.337 e. The van der Waals surface area contributed by atoms with Gasteiger partial charge in [-0.25, -0.2) is 4.79 Å². The third-order valence-corrected chi connectivity index (χ3v) is 2.58. The van der Waals surface area contributed by atoms with Gasteiger partial charge < -0.3 is 10.2 Å². The van der Waals surface area contributed by atoms with Gasteiger partial charge in [-0.05, 0) is 36.6 Å². The van der Waals surface area contributed by atoms with Gasteiger partial charge >= 0.3 is 5.97 Å². The molecular weight excluding hydrogens is 204 g/mol. The van der Waals surface area contributed by atoms with E-state index in [1.165, 1.54) is 0 Å². The summed E-state index contributed by atoms with van der Waals surface area (Å²) in [5, 5.41) is 18.6. The molecule has 0 amide bonds. The van der Waals surface area contributed by atoms with Crippen molar-refractivity contribution in [2.24, 2.45) is 0 Å². The molecule has 0 aromatic heterocycles. The van der Waals surface area contributed by atoms with Crippen molar-refractivity contribution in [2.45, 2.75) is 20.0 Å². The van der Waals surface area contributed by atoms with Crippen LogP contribution in [0.1, 0.15) is 22.8 Å². The normalized spacial score (nSPS) is 12.6. The van der Waals surface area contributed by atoms with Gasteiger partial charge in [-0.3, -0.25) is 0 Å². The monoisotopic (exact) mass is 214 g/mol. The van der Waals surface area contributed by atoms with Gasteiger partial charge in [-0.1, -0.05) is 17.7 Å². The molecule has 0 heterocycles. The zero-order valence-electron chi connectivity index (χ0n) is 7.91. The molecule has 0 aliphatic carbocycles. The molecule has 1 atom stereocenters. The molecule has 0 fully saturated rings. The Balaban J connectivity index is 3.32. The van der Waals surface area contributed by atoms with Crippen LogP contribution in [0.3, 0.4) is 0 Å². The van der Waals surface area contributed by atoms with Gasteiger partial charge in [0.1, 0.15) is 0 Å². The number of halogens is 1. The van der Waals surface area contributed by atoms with Crippen molar-refractivity contribution in [2.75, 3.05) is 0 Å². The molecule has 14 heavy (non-hydrogen) atoms. The minimum atomic E-state index is -1.51. The molecule has 0 spiro atoms. The number of carboxylic acid groups (broad SMARTS) is 1. The van der Waals surface area contributed by atoms with Crippen LogP contribution >= 0.6 is 11.6 Å². The number of aryl methyl sites for hydroxylation is 1. The van der Waals surface area contributed by atoms with E-state index in [0.29, 0.717) is 16.1 Å². The van der Waals surface area contributed by atoms with E-state index in [1.54, 1.807) is 26.0 Å². The molecule has 76 valence electrons. The van der Waals surface area contributed by atoms with Crippen LogP contribution in [0.15, 0.2) is 12.1 Å². The van der Waals surface area contributed by atoms with Crippen molar-refractivity contribution in [3.05, 3.63) is 33.8 Å². The molecule has 0 saturated carbocycles. The first kappa shape index (κ1) is 11.0. The average Bonchev–Trinajstić information content (AvgIpc) is 2.12. The number of hydrogen-bond acceptors (Lipinski definition) is 2. The maximum atomic E-state index is 10.6. The second-order valence-electron chi connectivity index (χ2n) is 3.14. The fraction of sp³-hybridized carbons (Fsp3) is 0.300. The van der Waals surface area contributed by atoms with Gasteiger partial charge in [0.2, 0.25) is 0 Å². The van der Waals surface area contributed by atoms with E-state index in [1.807, 2.05) is 0 Å². The Bertz CT molecular complexity index is 374. The van der Waals surface area contributed by atoms with Gasteiger partial charge in [0, 0.05) is 5.02 Å². The topological polar surface area (TPSA) is 57.5 Å². The minimum Gasteiger partial charge on any atom is -0.479 e. The van der Waals surface area contributed by atoms with Crippen LogP contribution in [0.4, 0.5) is 0 Å². The highest BCUT2D eigenvalue weighted by Gasteiger charge is 2.21. The second-order valence-corrected chi connectivity index (χ2v) is 3.55. The van der Waals surface area contributed by atoms with Gasteiger partial charge in [-0.2, -0.15) is 0 Å². The van der Waals surface area contributed by atoms with Gasteiger partial charge in [0.15, 0.2) is 6.10 Å². The summed E-state index contributed by atoms with van der Waals surface area (Å²) in [5.74, 6) is -1.27. The minimum absolute atomic E-state index is 0.380. The summed E-state index contributed by atoms with van der Waals surface area (Å²) in [4.78, 5) is 10.6. The number of rotatable bonds is 2. The lowest BCUT2D eigenvalue weighted by Gasteiger charge is -2.13. The first-order valence-corrected chi connectivity index (χ1v) is 4.49. The summed E-state index contributed by atoms with van der Waals surface area (Å²) < 4.78 is 0. The van der Waals surface area contributed by atoms with Crippen LogP contribution in [-0.2, 0) is 4.79 Å². The second kappa shape index (κ2) is 3.98. The first-order valence-electron chi connectivity index (χ1n) is 4.11. The molecule has 4 heteroatoms. The van der Waals surface area contributed by atoms with Crippen molar-refractivity contribution in [3.63, 3.8) is 0 Å². The van der Waals surface area contributed by atoms with Gasteiger partial charge in [0.25, 0.3) is 0 Å². The number of carbonyl (C=O) groups is 1. The fourth-order valence-electron chi connectivity index (χ4n) is 1.38. The van der Waals surface area contributed by atoms with Gasteiger partial charge in [0.05, 0.1) is 0 Å². The van der Waals surface area contributed by atoms with Crippen LogP contribution in [0.2, 0.25) is 5.02 Å². The Morgan fingerprint density at radius 1 is 1.43 bits per heavy atom. The van der Waals surface area contributed by atoms with Crippen molar-refractivity contribution < 1.29 is 15.0 Å². The third kappa shape index (κ3) is 1.89. The highest BCUT2D eigenvalue weighted by atomic mass is 35.5. The van der Waals surface area contributed by atoms with E-state index < -0.39 is 12.1 Å². The predicted molar refractivity (Wildman–Crippen MR) is 53.5 cm³/mol. The maximum absolute atomic E-state index is 10.6. The Morgan fingerprint density at radius 2 is 2.00 bits per heavy atom. The van der Waals surface area contributed by atoms with Crippen LogP contribution < -0.4 is 0 Å². The molecule has 0 saturated heterocycles. The summed E-state index contributed by atoms with van der Waals surface area (Å²) in [6.45, 7) is 3.43. The molecule has 3 nitrogen and oxygen atoms in total.